The number of nitrogens with one attached hydrogen (secondary N) is 1. The van der Waals surface area contributed by atoms with E-state index < -0.39 is 8.97 Å². The van der Waals surface area contributed by atoms with Crippen molar-refractivity contribution in [2.24, 2.45) is 0 Å². The minimum atomic E-state index is -3.24. The Morgan fingerprint density at radius 2 is 1.56 bits per heavy atom. The average Bonchev–Trinajstić information content (AvgIpc) is 2.60. The minimum Gasteiger partial charge on any atom is -0.357 e. The molecule has 7 heteroatoms. The molecule has 1 rings (SSSR count). The fourth-order valence-corrected chi connectivity index (χ4v) is 4.64. The van der Waals surface area contributed by atoms with E-state index in [2.05, 4.69) is 11.9 Å². The van der Waals surface area contributed by atoms with Crippen LogP contribution in [0.25, 0.3) is 0 Å². The van der Waals surface area contributed by atoms with E-state index in [0.717, 1.165) is 12.0 Å². The van der Waals surface area contributed by atoms with Gasteiger partial charge in [-0.1, -0.05) is 37.3 Å². The van der Waals surface area contributed by atoms with Gasteiger partial charge in [0.1, 0.15) is 0 Å². The van der Waals surface area contributed by atoms with Crippen molar-refractivity contribution in [1.82, 2.24) is 9.88 Å². The molecule has 0 radical (unpaired) electrons. The lowest BCUT2D eigenvalue weighted by molar-refractivity contribution is 0.0599. The van der Waals surface area contributed by atoms with Gasteiger partial charge in [-0.3, -0.25) is 4.98 Å². The second-order valence-electron chi connectivity index (χ2n) is 5.57. The highest BCUT2D eigenvalue weighted by molar-refractivity contribution is 6.60. The summed E-state index contributed by atoms with van der Waals surface area (Å²) in [6.07, 6.45) is 0.858. The van der Waals surface area contributed by atoms with Gasteiger partial charge in [-0.25, -0.2) is 4.79 Å². The lowest BCUT2D eigenvalue weighted by Crippen LogP contribution is -2.63. The molecule has 0 unspecified atom stereocenters. The van der Waals surface area contributed by atoms with Crippen LogP contribution in [0.15, 0.2) is 30.3 Å². The van der Waals surface area contributed by atoms with E-state index in [9.17, 15) is 4.79 Å². The van der Waals surface area contributed by atoms with Crippen LogP contribution in [0.3, 0.4) is 0 Å². The van der Waals surface area contributed by atoms with Crippen LogP contribution in [0.4, 0.5) is 4.79 Å². The maximum absolute atomic E-state index is 13.0. The lowest BCUT2D eigenvalue weighted by Gasteiger charge is -2.34. The molecule has 0 heterocycles. The highest BCUT2D eigenvalue weighted by Crippen LogP contribution is 2.21. The number of hydrogen-bond donors (Lipinski definition) is 1. The molecule has 25 heavy (non-hydrogen) atoms. The molecule has 0 aromatic heterocycles. The zero-order valence-electron chi connectivity index (χ0n) is 16.1. The van der Waals surface area contributed by atoms with Gasteiger partial charge in [0.15, 0.2) is 0 Å². The molecule has 1 atom stereocenters. The van der Waals surface area contributed by atoms with Crippen LogP contribution >= 0.6 is 0 Å². The number of urea groups is 1. The van der Waals surface area contributed by atoms with Crippen LogP contribution in [0.5, 0.6) is 0 Å². The first-order valence-corrected chi connectivity index (χ1v) is 10.8. The Labute approximate surface area is 152 Å². The molecule has 1 aromatic carbocycles. The molecule has 1 N–H and O–H groups in total. The quantitative estimate of drug-likeness (QED) is 0.605. The number of amides is 2. The van der Waals surface area contributed by atoms with Gasteiger partial charge in [-0.05, 0) is 39.7 Å². The van der Waals surface area contributed by atoms with Crippen LogP contribution < -0.4 is 4.98 Å². The molecule has 0 bridgehead atoms. The zero-order chi connectivity index (χ0) is 18.7. The third-order valence-corrected chi connectivity index (χ3v) is 6.26. The van der Waals surface area contributed by atoms with Crippen LogP contribution in [0.2, 0.25) is 0 Å². The first-order valence-electron chi connectivity index (χ1n) is 9.09. The minimum absolute atomic E-state index is 0.0577. The van der Waals surface area contributed by atoms with Crippen molar-refractivity contribution in [1.29, 1.82) is 0 Å². The molecule has 2 amide bonds. The molecule has 142 valence electrons. The fourth-order valence-electron chi connectivity index (χ4n) is 2.63. The first-order chi connectivity index (χ1) is 12.0. The van der Waals surface area contributed by atoms with E-state index in [1.165, 1.54) is 0 Å². The van der Waals surface area contributed by atoms with E-state index in [1.807, 2.05) is 58.0 Å². The number of rotatable bonds is 11. The molecule has 0 aliphatic heterocycles. The van der Waals surface area contributed by atoms with Gasteiger partial charge in [0, 0.05) is 26.4 Å². The van der Waals surface area contributed by atoms with Crippen molar-refractivity contribution >= 4 is 15.0 Å². The van der Waals surface area contributed by atoms with Crippen LogP contribution in [0.1, 0.15) is 52.6 Å². The maximum Gasteiger partial charge on any atom is 0.634 e. The van der Waals surface area contributed by atoms with Crippen molar-refractivity contribution in [3.63, 3.8) is 0 Å². The third kappa shape index (κ3) is 6.43. The van der Waals surface area contributed by atoms with Crippen LogP contribution in [-0.2, 0) is 13.3 Å². The standard InChI is InChI=1S/C18H32N2O4Si/c1-6-15-20(16(5)17-13-11-10-12-14-17)18(21)19-25(22-7-2,23-8-3)24-9-4/h10-14,16H,6-9,15H2,1-5H3,(H,19,21)/t16-/m1/s1. The normalized spacial score (nSPS) is 12.7. The van der Waals surface area contributed by atoms with Gasteiger partial charge in [-0.2, -0.15) is 0 Å². The highest BCUT2D eigenvalue weighted by Gasteiger charge is 2.45. The summed E-state index contributed by atoms with van der Waals surface area (Å²) < 4.78 is 17.2. The monoisotopic (exact) mass is 368 g/mol. The maximum atomic E-state index is 13.0. The Hall–Kier alpha value is -1.41. The van der Waals surface area contributed by atoms with Crippen molar-refractivity contribution in [2.75, 3.05) is 26.4 Å². The summed E-state index contributed by atoms with van der Waals surface area (Å²) in [5.41, 5.74) is 1.09. The predicted octanol–water partition coefficient (Wildman–Crippen LogP) is 3.71. The molecule has 0 fully saturated rings. The van der Waals surface area contributed by atoms with Gasteiger partial charge < -0.3 is 18.2 Å². The van der Waals surface area contributed by atoms with Gasteiger partial charge in [0.25, 0.3) is 0 Å². The molecule has 6 nitrogen and oxygen atoms in total. The number of nitrogens with zero attached hydrogens (tertiary/aromatic N) is 1. The third-order valence-electron chi connectivity index (χ3n) is 3.74. The Morgan fingerprint density at radius 3 is 2.00 bits per heavy atom. The van der Waals surface area contributed by atoms with E-state index in [-0.39, 0.29) is 12.1 Å². The fraction of sp³-hybridized carbons (Fsp3) is 0.611. The van der Waals surface area contributed by atoms with E-state index >= 15 is 0 Å². The predicted molar refractivity (Wildman–Crippen MR) is 101 cm³/mol. The van der Waals surface area contributed by atoms with Crippen molar-refractivity contribution in [3.05, 3.63) is 35.9 Å². The van der Waals surface area contributed by atoms with Gasteiger partial charge in [0.05, 0.1) is 6.04 Å². The van der Waals surface area contributed by atoms with Gasteiger partial charge >= 0.3 is 15.0 Å². The number of benzene rings is 1. The van der Waals surface area contributed by atoms with Gasteiger partial charge in [-0.15, -0.1) is 0 Å². The topological polar surface area (TPSA) is 60.0 Å². The van der Waals surface area contributed by atoms with Crippen LogP contribution in [0, 0.1) is 0 Å². The Morgan fingerprint density at radius 1 is 1.04 bits per heavy atom. The summed E-state index contributed by atoms with van der Waals surface area (Å²) in [6.45, 7) is 11.5. The molecule has 0 aliphatic carbocycles. The van der Waals surface area contributed by atoms with E-state index in [1.54, 1.807) is 4.90 Å². The number of carbonyl (C=O) groups is 1. The second kappa shape index (κ2) is 11.3. The molecule has 1 aromatic rings. The Bertz CT molecular complexity index is 484. The first kappa shape index (κ1) is 21.6. The van der Waals surface area contributed by atoms with Crippen molar-refractivity contribution < 1.29 is 18.1 Å². The summed E-state index contributed by atoms with van der Waals surface area (Å²) in [4.78, 5) is 17.7. The largest absolute Gasteiger partial charge is 0.634 e. The molecule has 0 saturated carbocycles. The average molecular weight is 369 g/mol. The number of carbonyl (C=O) groups excluding carboxylic acids is 1. The Balaban J connectivity index is 2.99. The summed E-state index contributed by atoms with van der Waals surface area (Å²) in [6, 6.07) is 9.70. The van der Waals surface area contributed by atoms with E-state index in [0.29, 0.717) is 26.4 Å². The second-order valence-corrected chi connectivity index (χ2v) is 7.79. The zero-order valence-corrected chi connectivity index (χ0v) is 17.1. The summed E-state index contributed by atoms with van der Waals surface area (Å²) in [5.74, 6) is 0. The highest BCUT2D eigenvalue weighted by atomic mass is 28.4. The molecular formula is C18H32N2O4Si. The molecule has 0 aliphatic rings. The molecule has 0 saturated heterocycles. The van der Waals surface area contributed by atoms with Gasteiger partial charge in [0.2, 0.25) is 0 Å². The SMILES string of the molecule is CCCN(C(=O)N[Si](OCC)(OCC)OCC)[C@H](C)c1ccccc1. The molecular weight excluding hydrogens is 336 g/mol. The summed E-state index contributed by atoms with van der Waals surface area (Å²) in [7, 11) is -3.24. The summed E-state index contributed by atoms with van der Waals surface area (Å²) in [5, 5.41) is 0. The smallest absolute Gasteiger partial charge is 0.357 e. The molecule has 0 spiro atoms. The van der Waals surface area contributed by atoms with E-state index in [4.69, 9.17) is 13.3 Å². The van der Waals surface area contributed by atoms with Crippen molar-refractivity contribution in [3.8, 4) is 0 Å². The Kier molecular flexibility index (Phi) is 9.73. The summed E-state index contributed by atoms with van der Waals surface area (Å²) >= 11 is 0. The van der Waals surface area contributed by atoms with Crippen LogP contribution in [-0.4, -0.2) is 46.3 Å². The lowest BCUT2D eigenvalue weighted by atomic mass is 10.1. The van der Waals surface area contributed by atoms with Crippen molar-refractivity contribution in [2.45, 2.75) is 47.1 Å². The number of hydrogen-bond acceptors (Lipinski definition) is 4.